The van der Waals surface area contributed by atoms with Crippen LogP contribution in [0.1, 0.15) is 0 Å². The van der Waals surface area contributed by atoms with Gasteiger partial charge in [-0.1, -0.05) is 0 Å². The predicted molar refractivity (Wildman–Crippen MR) is 28.9 cm³/mol. The number of aliphatic hydroxyl groups excluding tert-OH is 3. The lowest BCUT2D eigenvalue weighted by molar-refractivity contribution is -0.321. The third-order valence-electron chi connectivity index (χ3n) is 1.51. The normalized spacial score (nSPS) is 43.9. The molecule has 0 amide bonds. The van der Waals surface area contributed by atoms with Crippen LogP contribution in [0.4, 0.5) is 8.78 Å². The minimum Gasteiger partial charge on any atom is -0.388 e. The van der Waals surface area contributed by atoms with E-state index in [0.717, 1.165) is 0 Å². The van der Waals surface area contributed by atoms with Crippen molar-refractivity contribution in [1.82, 2.24) is 0 Å². The van der Waals surface area contributed by atoms with Crippen LogP contribution in [0.5, 0.6) is 0 Å². The maximum atomic E-state index is 12.5. The van der Waals surface area contributed by atoms with Gasteiger partial charge in [-0.3, -0.25) is 0 Å². The second kappa shape index (κ2) is 2.63. The molecule has 66 valence electrons. The lowest BCUT2D eigenvalue weighted by Gasteiger charge is -2.34. The molecule has 1 unspecified atom stereocenters. The van der Waals surface area contributed by atoms with Crippen molar-refractivity contribution in [3.05, 3.63) is 0 Å². The fourth-order valence-corrected chi connectivity index (χ4v) is 0.795. The molecule has 3 N–H and O–H groups in total. The van der Waals surface area contributed by atoms with Gasteiger partial charge < -0.3 is 20.1 Å². The molecule has 0 radical (unpaired) electrons. The van der Waals surface area contributed by atoms with Crippen LogP contribution in [-0.4, -0.2) is 46.3 Å². The predicted octanol–water partition coefficient (Wildman–Crippen LogP) is -1.31. The average molecular weight is 170 g/mol. The van der Waals surface area contributed by atoms with Gasteiger partial charge in [0, 0.05) is 0 Å². The largest absolute Gasteiger partial charge is 0.388 e. The van der Waals surface area contributed by atoms with Crippen LogP contribution in [0.25, 0.3) is 0 Å². The van der Waals surface area contributed by atoms with Gasteiger partial charge in [-0.2, -0.15) is 8.78 Å². The van der Waals surface area contributed by atoms with E-state index < -0.39 is 31.0 Å². The van der Waals surface area contributed by atoms with Crippen LogP contribution in [-0.2, 0) is 4.74 Å². The third kappa shape index (κ3) is 1.34. The highest BCUT2D eigenvalue weighted by molar-refractivity contribution is 4.88. The SMILES string of the molecule is OC1OC[C@@H](O)[C@H](O)C1(F)F. The first-order valence-electron chi connectivity index (χ1n) is 3.00. The number of ether oxygens (including phenoxy) is 1. The Labute approximate surface area is 61.0 Å². The van der Waals surface area contributed by atoms with E-state index in [1.165, 1.54) is 0 Å². The number of alkyl halides is 2. The lowest BCUT2D eigenvalue weighted by Crippen LogP contribution is -2.57. The Morgan fingerprint density at radius 3 is 2.27 bits per heavy atom. The fraction of sp³-hybridized carbons (Fsp3) is 1.00. The van der Waals surface area contributed by atoms with Gasteiger partial charge in [0.2, 0.25) is 6.29 Å². The summed E-state index contributed by atoms with van der Waals surface area (Å²) in [4.78, 5) is 0. The Morgan fingerprint density at radius 2 is 1.82 bits per heavy atom. The summed E-state index contributed by atoms with van der Waals surface area (Å²) in [7, 11) is 0. The van der Waals surface area contributed by atoms with Crippen molar-refractivity contribution in [2.75, 3.05) is 6.61 Å². The molecular formula is C5H8F2O4. The Balaban J connectivity index is 2.72. The molecule has 4 nitrogen and oxygen atoms in total. The second-order valence-electron chi connectivity index (χ2n) is 2.37. The van der Waals surface area contributed by atoms with Gasteiger partial charge in [0.15, 0.2) is 6.10 Å². The Kier molecular flexibility index (Phi) is 2.10. The van der Waals surface area contributed by atoms with Crippen LogP contribution in [0.3, 0.4) is 0 Å². The maximum Gasteiger partial charge on any atom is 0.325 e. The molecule has 0 bridgehead atoms. The minimum absolute atomic E-state index is 0.488. The summed E-state index contributed by atoms with van der Waals surface area (Å²) in [5, 5.41) is 25.8. The van der Waals surface area contributed by atoms with Crippen molar-refractivity contribution >= 4 is 0 Å². The monoisotopic (exact) mass is 170 g/mol. The molecule has 1 aliphatic rings. The zero-order valence-electron chi connectivity index (χ0n) is 5.44. The van der Waals surface area contributed by atoms with E-state index >= 15 is 0 Å². The van der Waals surface area contributed by atoms with Crippen LogP contribution >= 0.6 is 0 Å². The van der Waals surface area contributed by atoms with Crippen molar-refractivity contribution in [1.29, 1.82) is 0 Å². The average Bonchev–Trinajstić information content (AvgIpc) is 1.95. The van der Waals surface area contributed by atoms with Gasteiger partial charge in [0.05, 0.1) is 6.61 Å². The van der Waals surface area contributed by atoms with Crippen LogP contribution < -0.4 is 0 Å². The molecule has 11 heavy (non-hydrogen) atoms. The summed E-state index contributed by atoms with van der Waals surface area (Å²) >= 11 is 0. The molecular weight excluding hydrogens is 162 g/mol. The molecule has 0 aliphatic carbocycles. The summed E-state index contributed by atoms with van der Waals surface area (Å²) in [6.07, 6.45) is -6.24. The summed E-state index contributed by atoms with van der Waals surface area (Å²) in [6.45, 7) is -0.488. The molecule has 1 fully saturated rings. The Hall–Kier alpha value is -0.300. The molecule has 3 atom stereocenters. The van der Waals surface area contributed by atoms with Crippen molar-refractivity contribution in [2.24, 2.45) is 0 Å². The van der Waals surface area contributed by atoms with Crippen LogP contribution in [0.2, 0.25) is 0 Å². The zero-order valence-corrected chi connectivity index (χ0v) is 5.44. The molecule has 0 aromatic rings. The van der Waals surface area contributed by atoms with Gasteiger partial charge in [-0.15, -0.1) is 0 Å². The van der Waals surface area contributed by atoms with Gasteiger partial charge in [-0.05, 0) is 0 Å². The molecule has 1 saturated heterocycles. The van der Waals surface area contributed by atoms with Crippen LogP contribution in [0, 0.1) is 0 Å². The minimum atomic E-state index is -3.79. The highest BCUT2D eigenvalue weighted by atomic mass is 19.3. The van der Waals surface area contributed by atoms with E-state index in [4.69, 9.17) is 15.3 Å². The van der Waals surface area contributed by atoms with Gasteiger partial charge in [-0.25, -0.2) is 0 Å². The summed E-state index contributed by atoms with van der Waals surface area (Å²) in [5.74, 6) is -3.79. The molecule has 0 spiro atoms. The fourth-order valence-electron chi connectivity index (χ4n) is 0.795. The highest BCUT2D eigenvalue weighted by Gasteiger charge is 2.53. The maximum absolute atomic E-state index is 12.5. The summed E-state index contributed by atoms with van der Waals surface area (Å²) in [5.41, 5.74) is 0. The zero-order chi connectivity index (χ0) is 8.65. The number of hydrogen-bond acceptors (Lipinski definition) is 4. The van der Waals surface area contributed by atoms with Gasteiger partial charge in [0.1, 0.15) is 6.10 Å². The van der Waals surface area contributed by atoms with E-state index in [0.29, 0.717) is 0 Å². The first kappa shape index (κ1) is 8.79. The number of halogens is 2. The molecule has 1 heterocycles. The molecule has 1 rings (SSSR count). The first-order valence-corrected chi connectivity index (χ1v) is 3.00. The van der Waals surface area contributed by atoms with E-state index in [9.17, 15) is 8.78 Å². The quantitative estimate of drug-likeness (QED) is 0.422. The molecule has 0 saturated carbocycles. The van der Waals surface area contributed by atoms with E-state index in [1.807, 2.05) is 0 Å². The molecule has 0 aromatic heterocycles. The van der Waals surface area contributed by atoms with Crippen molar-refractivity contribution in [2.45, 2.75) is 24.4 Å². The smallest absolute Gasteiger partial charge is 0.325 e. The van der Waals surface area contributed by atoms with E-state index in [2.05, 4.69) is 4.74 Å². The summed E-state index contributed by atoms with van der Waals surface area (Å²) in [6, 6.07) is 0. The van der Waals surface area contributed by atoms with Gasteiger partial charge in [0.25, 0.3) is 0 Å². The van der Waals surface area contributed by atoms with E-state index in [1.54, 1.807) is 0 Å². The van der Waals surface area contributed by atoms with Crippen molar-refractivity contribution in [3.63, 3.8) is 0 Å². The Morgan fingerprint density at radius 1 is 1.27 bits per heavy atom. The number of aliphatic hydroxyl groups is 3. The Bertz CT molecular complexity index is 151. The molecule has 6 heteroatoms. The standard InChI is InChI=1S/C5H8F2O4/c6-5(7)3(9)2(8)1-11-4(5)10/h2-4,8-10H,1H2/t2-,3+,4?/m1/s1. The van der Waals surface area contributed by atoms with Crippen molar-refractivity contribution in [3.8, 4) is 0 Å². The highest BCUT2D eigenvalue weighted by Crippen LogP contribution is 2.30. The van der Waals surface area contributed by atoms with Crippen LogP contribution in [0.15, 0.2) is 0 Å². The van der Waals surface area contributed by atoms with Crippen molar-refractivity contribution < 1.29 is 28.8 Å². The van der Waals surface area contributed by atoms with Gasteiger partial charge >= 0.3 is 5.92 Å². The van der Waals surface area contributed by atoms with E-state index in [-0.39, 0.29) is 0 Å². The first-order chi connectivity index (χ1) is 4.96. The summed E-state index contributed by atoms with van der Waals surface area (Å²) < 4.78 is 29.0. The number of hydrogen-bond donors (Lipinski definition) is 3. The third-order valence-corrected chi connectivity index (χ3v) is 1.51. The number of rotatable bonds is 0. The second-order valence-corrected chi connectivity index (χ2v) is 2.37. The topological polar surface area (TPSA) is 69.9 Å². The lowest BCUT2D eigenvalue weighted by atomic mass is 10.0. The molecule has 0 aromatic carbocycles. The molecule has 1 aliphatic heterocycles.